The summed E-state index contributed by atoms with van der Waals surface area (Å²) in [5.41, 5.74) is 11.4. The van der Waals surface area contributed by atoms with Crippen LogP contribution in [0.4, 0.5) is 21.7 Å². The second-order valence-electron chi connectivity index (χ2n) is 6.22. The molecule has 3 aromatic heterocycles. The van der Waals surface area contributed by atoms with Crippen LogP contribution in [0.15, 0.2) is 37.1 Å². The number of rotatable bonds is 10. The molecule has 0 aromatic carbocycles. The van der Waals surface area contributed by atoms with Crippen LogP contribution in [0.1, 0.15) is 29.6 Å². The monoisotopic (exact) mass is 399 g/mol. The van der Waals surface area contributed by atoms with Crippen LogP contribution >= 0.6 is 0 Å². The summed E-state index contributed by atoms with van der Waals surface area (Å²) in [6.45, 7) is 1.15. The lowest BCUT2D eigenvalue weighted by molar-refractivity contribution is 0.100. The quantitative estimate of drug-likeness (QED) is 0.375. The largest absolute Gasteiger partial charge is 0.368 e. The zero-order valence-electron chi connectivity index (χ0n) is 15.7. The molecule has 3 rings (SSSR count). The Bertz CT molecular complexity index is 962. The van der Waals surface area contributed by atoms with Gasteiger partial charge in [0.15, 0.2) is 17.5 Å². The van der Waals surface area contributed by atoms with Crippen LogP contribution in [0.5, 0.6) is 0 Å². The van der Waals surface area contributed by atoms with Crippen molar-refractivity contribution in [1.82, 2.24) is 24.7 Å². The highest BCUT2D eigenvalue weighted by Crippen LogP contribution is 2.24. The van der Waals surface area contributed by atoms with Gasteiger partial charge in [0.25, 0.3) is 5.91 Å². The van der Waals surface area contributed by atoms with Crippen molar-refractivity contribution in [2.45, 2.75) is 19.3 Å². The van der Waals surface area contributed by atoms with E-state index in [0.29, 0.717) is 24.6 Å². The number of hydrogen-bond donors (Lipinski definition) is 4. The maximum atomic E-state index is 14.3. The topological polar surface area (TPSA) is 150 Å². The molecule has 0 spiro atoms. The first-order chi connectivity index (χ1) is 14.1. The van der Waals surface area contributed by atoms with Gasteiger partial charge in [-0.3, -0.25) is 4.79 Å². The van der Waals surface area contributed by atoms with Crippen molar-refractivity contribution in [2.75, 3.05) is 23.7 Å². The first kappa shape index (κ1) is 20.1. The summed E-state index contributed by atoms with van der Waals surface area (Å²) < 4.78 is 15.8. The standard InChI is InChI=1S/C18H22FN9O/c19-14-9-13(16(21)29)17(27-18(14)24-6-3-1-2-5-20)26-12-4-7-23-15(8-12)28-11-22-10-25-28/h4,7-11H,1-3,5-6,20H2,(H2,21,29)(H2,23,24,26,27). The van der Waals surface area contributed by atoms with Crippen molar-refractivity contribution < 1.29 is 9.18 Å². The molecule has 0 aliphatic heterocycles. The molecule has 1 amide bonds. The number of pyridine rings is 2. The fourth-order valence-corrected chi connectivity index (χ4v) is 2.63. The maximum Gasteiger partial charge on any atom is 0.252 e. The third kappa shape index (κ3) is 5.23. The number of nitrogens with one attached hydrogen (secondary N) is 2. The summed E-state index contributed by atoms with van der Waals surface area (Å²) in [5.74, 6) is -0.761. The second kappa shape index (κ2) is 9.55. The van der Waals surface area contributed by atoms with Crippen molar-refractivity contribution >= 4 is 23.2 Å². The van der Waals surface area contributed by atoms with E-state index in [1.165, 1.54) is 17.3 Å². The van der Waals surface area contributed by atoms with Crippen LogP contribution in [0.3, 0.4) is 0 Å². The van der Waals surface area contributed by atoms with Crippen molar-refractivity contribution in [2.24, 2.45) is 11.5 Å². The Labute approximate surface area is 166 Å². The Balaban J connectivity index is 1.82. The number of anilines is 3. The SMILES string of the molecule is NCCCCCNc1nc(Nc2ccnc(-n3cncn3)c2)c(C(N)=O)cc1F. The normalized spacial score (nSPS) is 10.7. The Hall–Kier alpha value is -3.60. The molecule has 0 fully saturated rings. The molecule has 3 aromatic rings. The maximum absolute atomic E-state index is 14.3. The molecule has 0 saturated carbocycles. The Kier molecular flexibility index (Phi) is 6.63. The number of carbonyl (C=O) groups excluding carboxylic acids is 1. The summed E-state index contributed by atoms with van der Waals surface area (Å²) in [6.07, 6.45) is 7.11. The smallest absolute Gasteiger partial charge is 0.252 e. The van der Waals surface area contributed by atoms with Gasteiger partial charge in [0.05, 0.1) is 5.56 Å². The third-order valence-corrected chi connectivity index (χ3v) is 4.08. The van der Waals surface area contributed by atoms with Crippen molar-refractivity contribution in [1.29, 1.82) is 0 Å². The molecule has 0 bridgehead atoms. The van der Waals surface area contributed by atoms with Crippen LogP contribution in [0.2, 0.25) is 0 Å². The summed E-state index contributed by atoms with van der Waals surface area (Å²) in [7, 11) is 0. The van der Waals surface area contributed by atoms with Crippen LogP contribution < -0.4 is 22.1 Å². The zero-order valence-corrected chi connectivity index (χ0v) is 15.7. The van der Waals surface area contributed by atoms with Crippen LogP contribution in [0, 0.1) is 5.82 Å². The van der Waals surface area contributed by atoms with Gasteiger partial charge in [-0.1, -0.05) is 6.42 Å². The molecule has 29 heavy (non-hydrogen) atoms. The molecule has 11 heteroatoms. The highest BCUT2D eigenvalue weighted by molar-refractivity contribution is 5.98. The number of primary amides is 1. The second-order valence-corrected chi connectivity index (χ2v) is 6.22. The van der Waals surface area contributed by atoms with Crippen LogP contribution in [-0.2, 0) is 0 Å². The molecule has 0 aliphatic rings. The molecule has 0 radical (unpaired) electrons. The van der Waals surface area contributed by atoms with E-state index >= 15 is 0 Å². The molecular weight excluding hydrogens is 377 g/mol. The molecule has 0 saturated heterocycles. The van der Waals surface area contributed by atoms with Crippen LogP contribution in [-0.4, -0.2) is 43.7 Å². The van der Waals surface area contributed by atoms with E-state index < -0.39 is 11.7 Å². The number of nitrogens with two attached hydrogens (primary N) is 2. The zero-order chi connectivity index (χ0) is 20.6. The predicted octanol–water partition coefficient (Wildman–Crippen LogP) is 1.58. The van der Waals surface area contributed by atoms with Crippen molar-refractivity contribution in [3.8, 4) is 5.82 Å². The molecule has 0 atom stereocenters. The number of carbonyl (C=O) groups is 1. The summed E-state index contributed by atoms with van der Waals surface area (Å²) in [5, 5.41) is 9.96. The molecule has 152 valence electrons. The number of nitrogens with zero attached hydrogens (tertiary/aromatic N) is 5. The number of hydrogen-bond acceptors (Lipinski definition) is 8. The number of aromatic nitrogens is 5. The van der Waals surface area contributed by atoms with Gasteiger partial charge in [-0.25, -0.2) is 24.0 Å². The number of halogens is 1. The molecule has 6 N–H and O–H groups in total. The molecule has 10 nitrogen and oxygen atoms in total. The van der Waals surface area contributed by atoms with Gasteiger partial charge in [-0.15, -0.1) is 0 Å². The average Bonchev–Trinajstić information content (AvgIpc) is 3.25. The van der Waals surface area contributed by atoms with E-state index in [0.717, 1.165) is 25.3 Å². The Morgan fingerprint density at radius 3 is 2.79 bits per heavy atom. The number of unbranched alkanes of at least 4 members (excludes halogenated alkanes) is 2. The van der Waals surface area contributed by atoms with Crippen molar-refractivity contribution in [3.05, 3.63) is 48.4 Å². The van der Waals surface area contributed by atoms with E-state index in [2.05, 4.69) is 30.7 Å². The lowest BCUT2D eigenvalue weighted by Gasteiger charge is -2.13. The van der Waals surface area contributed by atoms with E-state index in [1.54, 1.807) is 18.3 Å². The number of amides is 1. The van der Waals surface area contributed by atoms with Gasteiger partial charge in [0.2, 0.25) is 0 Å². The first-order valence-corrected chi connectivity index (χ1v) is 9.11. The minimum Gasteiger partial charge on any atom is -0.368 e. The summed E-state index contributed by atoms with van der Waals surface area (Å²) in [6, 6.07) is 4.43. The van der Waals surface area contributed by atoms with Crippen LogP contribution in [0.25, 0.3) is 5.82 Å². The highest BCUT2D eigenvalue weighted by Gasteiger charge is 2.16. The molecule has 0 aliphatic carbocycles. The lowest BCUT2D eigenvalue weighted by Crippen LogP contribution is -2.17. The van der Waals surface area contributed by atoms with Gasteiger partial charge >= 0.3 is 0 Å². The minimum absolute atomic E-state index is 0.0378. The van der Waals surface area contributed by atoms with Gasteiger partial charge in [0, 0.05) is 24.5 Å². The lowest BCUT2D eigenvalue weighted by atomic mass is 10.2. The van der Waals surface area contributed by atoms with Gasteiger partial charge in [0.1, 0.15) is 18.5 Å². The van der Waals surface area contributed by atoms with E-state index in [-0.39, 0.29) is 17.2 Å². The minimum atomic E-state index is -0.793. The van der Waals surface area contributed by atoms with Crippen molar-refractivity contribution in [3.63, 3.8) is 0 Å². The molecule has 3 heterocycles. The summed E-state index contributed by atoms with van der Waals surface area (Å²) >= 11 is 0. The van der Waals surface area contributed by atoms with E-state index in [9.17, 15) is 9.18 Å². The average molecular weight is 399 g/mol. The van der Waals surface area contributed by atoms with E-state index in [1.807, 2.05) is 0 Å². The predicted molar refractivity (Wildman–Crippen MR) is 107 cm³/mol. The molecular formula is C18H22FN9O. The Morgan fingerprint density at radius 1 is 1.21 bits per heavy atom. The first-order valence-electron chi connectivity index (χ1n) is 9.11. The van der Waals surface area contributed by atoms with Gasteiger partial charge in [-0.05, 0) is 31.5 Å². The van der Waals surface area contributed by atoms with E-state index in [4.69, 9.17) is 11.5 Å². The fraction of sp³-hybridized carbons (Fsp3) is 0.278. The molecule has 0 unspecified atom stereocenters. The van der Waals surface area contributed by atoms with Gasteiger partial charge < -0.3 is 22.1 Å². The fourth-order valence-electron chi connectivity index (χ4n) is 2.63. The summed E-state index contributed by atoms with van der Waals surface area (Å²) in [4.78, 5) is 24.1. The Morgan fingerprint density at radius 2 is 2.07 bits per heavy atom. The van der Waals surface area contributed by atoms with Gasteiger partial charge in [-0.2, -0.15) is 5.10 Å². The third-order valence-electron chi connectivity index (χ3n) is 4.08. The highest BCUT2D eigenvalue weighted by atomic mass is 19.1.